The van der Waals surface area contributed by atoms with E-state index in [-0.39, 0.29) is 0 Å². The van der Waals surface area contributed by atoms with Gasteiger partial charge in [-0.2, -0.15) is 0 Å². The number of ether oxygens (including phenoxy) is 1. The lowest BCUT2D eigenvalue weighted by molar-refractivity contribution is 0.0870. The summed E-state index contributed by atoms with van der Waals surface area (Å²) < 4.78 is 5.43. The Morgan fingerprint density at radius 3 is 2.77 bits per heavy atom. The third-order valence-electron chi connectivity index (χ3n) is 4.76. The first-order valence-corrected chi connectivity index (χ1v) is 8.52. The molecule has 2 atom stereocenters. The lowest BCUT2D eigenvalue weighted by atomic mass is 10.0. The summed E-state index contributed by atoms with van der Waals surface area (Å²) in [6, 6.07) is 9.55. The van der Waals surface area contributed by atoms with Crippen molar-refractivity contribution in [3.63, 3.8) is 0 Å². The Labute approximate surface area is 135 Å². The maximum absolute atomic E-state index is 5.43. The Hall–Kier alpha value is -1.10. The summed E-state index contributed by atoms with van der Waals surface area (Å²) in [5.41, 5.74) is 1.36. The summed E-state index contributed by atoms with van der Waals surface area (Å²) in [6.07, 6.45) is 0. The minimum absolute atomic E-state index is 0.423. The highest BCUT2D eigenvalue weighted by atomic mass is 16.5. The largest absolute Gasteiger partial charge is 0.497 e. The van der Waals surface area contributed by atoms with Crippen molar-refractivity contribution in [3.05, 3.63) is 29.8 Å². The van der Waals surface area contributed by atoms with Crippen LogP contribution in [0.15, 0.2) is 24.3 Å². The van der Waals surface area contributed by atoms with Gasteiger partial charge in [-0.25, -0.2) is 0 Å². The second-order valence-corrected chi connectivity index (χ2v) is 6.07. The molecular formula is C18H31N3O. The maximum atomic E-state index is 5.43. The lowest BCUT2D eigenvalue weighted by Crippen LogP contribution is -2.53. The molecule has 2 rings (SSSR count). The van der Waals surface area contributed by atoms with E-state index >= 15 is 0 Å². The molecule has 0 radical (unpaired) electrons. The normalized spacial score (nSPS) is 21.0. The maximum Gasteiger partial charge on any atom is 0.119 e. The van der Waals surface area contributed by atoms with Crippen molar-refractivity contribution in [1.82, 2.24) is 15.1 Å². The molecule has 1 aliphatic rings. The third-order valence-corrected chi connectivity index (χ3v) is 4.76. The second kappa shape index (κ2) is 8.51. The molecule has 124 valence electrons. The van der Waals surface area contributed by atoms with Crippen LogP contribution in [0.25, 0.3) is 0 Å². The van der Waals surface area contributed by atoms with E-state index in [0.29, 0.717) is 12.1 Å². The van der Waals surface area contributed by atoms with Gasteiger partial charge in [-0.15, -0.1) is 0 Å². The van der Waals surface area contributed by atoms with Crippen LogP contribution < -0.4 is 10.1 Å². The standard InChI is InChI=1S/C18H31N3O/c1-5-20(6-2)14-18(21-11-10-19-13-15(21)3)16-8-7-9-17(12-16)22-4/h7-9,12,15,18-19H,5-6,10-11,13-14H2,1-4H3. The molecule has 1 N–H and O–H groups in total. The first-order chi connectivity index (χ1) is 10.7. The number of hydrogen-bond acceptors (Lipinski definition) is 4. The predicted molar refractivity (Wildman–Crippen MR) is 92.6 cm³/mol. The summed E-state index contributed by atoms with van der Waals surface area (Å²) in [4.78, 5) is 5.16. The van der Waals surface area contributed by atoms with E-state index in [9.17, 15) is 0 Å². The van der Waals surface area contributed by atoms with Gasteiger partial charge in [0.25, 0.3) is 0 Å². The highest BCUT2D eigenvalue weighted by Crippen LogP contribution is 2.27. The smallest absolute Gasteiger partial charge is 0.119 e. The average molecular weight is 305 g/mol. The fraction of sp³-hybridized carbons (Fsp3) is 0.667. The van der Waals surface area contributed by atoms with Crippen LogP contribution in [0.3, 0.4) is 0 Å². The molecule has 1 aromatic carbocycles. The van der Waals surface area contributed by atoms with E-state index in [2.05, 4.69) is 54.1 Å². The highest BCUT2D eigenvalue weighted by Gasteiger charge is 2.28. The molecule has 0 aliphatic carbocycles. The molecule has 1 fully saturated rings. The van der Waals surface area contributed by atoms with Crippen LogP contribution in [0.4, 0.5) is 0 Å². The van der Waals surface area contributed by atoms with E-state index in [1.54, 1.807) is 7.11 Å². The zero-order chi connectivity index (χ0) is 15.9. The molecule has 1 saturated heterocycles. The quantitative estimate of drug-likeness (QED) is 0.837. The van der Waals surface area contributed by atoms with Gasteiger partial charge in [0.05, 0.1) is 7.11 Å². The van der Waals surface area contributed by atoms with Crippen LogP contribution in [0.2, 0.25) is 0 Å². The zero-order valence-corrected chi connectivity index (χ0v) is 14.5. The molecule has 1 aliphatic heterocycles. The van der Waals surface area contributed by atoms with Crippen LogP contribution >= 0.6 is 0 Å². The Balaban J connectivity index is 2.26. The Kier molecular flexibility index (Phi) is 6.68. The molecule has 0 bridgehead atoms. The number of benzene rings is 1. The van der Waals surface area contributed by atoms with Crippen molar-refractivity contribution in [3.8, 4) is 5.75 Å². The van der Waals surface area contributed by atoms with Crippen LogP contribution in [0.1, 0.15) is 32.4 Å². The van der Waals surface area contributed by atoms with Crippen molar-refractivity contribution >= 4 is 0 Å². The number of hydrogen-bond donors (Lipinski definition) is 1. The Bertz CT molecular complexity index is 448. The first kappa shape index (κ1) is 17.3. The Morgan fingerprint density at radius 1 is 1.36 bits per heavy atom. The number of methoxy groups -OCH3 is 1. The summed E-state index contributed by atoms with van der Waals surface area (Å²) >= 11 is 0. The zero-order valence-electron chi connectivity index (χ0n) is 14.5. The van der Waals surface area contributed by atoms with Gasteiger partial charge in [0.1, 0.15) is 5.75 Å². The summed E-state index contributed by atoms with van der Waals surface area (Å²) in [7, 11) is 1.74. The molecule has 0 amide bonds. The fourth-order valence-electron chi connectivity index (χ4n) is 3.30. The van der Waals surface area contributed by atoms with Gasteiger partial charge in [-0.1, -0.05) is 26.0 Å². The van der Waals surface area contributed by atoms with Gasteiger partial charge >= 0.3 is 0 Å². The number of nitrogens with zero attached hydrogens (tertiary/aromatic N) is 2. The van der Waals surface area contributed by atoms with E-state index in [1.807, 2.05) is 6.07 Å². The van der Waals surface area contributed by atoms with Crippen LogP contribution in [-0.4, -0.2) is 62.2 Å². The molecule has 1 heterocycles. The summed E-state index contributed by atoms with van der Waals surface area (Å²) in [5, 5.41) is 3.49. The van der Waals surface area contributed by atoms with Crippen molar-refractivity contribution in [2.24, 2.45) is 0 Å². The monoisotopic (exact) mass is 305 g/mol. The SMILES string of the molecule is CCN(CC)CC(c1cccc(OC)c1)N1CCNCC1C. The third kappa shape index (κ3) is 4.22. The minimum atomic E-state index is 0.423. The van der Waals surface area contributed by atoms with Crippen LogP contribution in [0.5, 0.6) is 5.75 Å². The number of nitrogens with one attached hydrogen (secondary N) is 1. The van der Waals surface area contributed by atoms with Gasteiger partial charge in [0.2, 0.25) is 0 Å². The van der Waals surface area contributed by atoms with Crippen LogP contribution in [-0.2, 0) is 0 Å². The minimum Gasteiger partial charge on any atom is -0.497 e. The van der Waals surface area contributed by atoms with Crippen molar-refractivity contribution in [1.29, 1.82) is 0 Å². The predicted octanol–water partition coefficient (Wildman–Crippen LogP) is 2.37. The molecular weight excluding hydrogens is 274 g/mol. The van der Waals surface area contributed by atoms with Crippen LogP contribution in [0, 0.1) is 0 Å². The average Bonchev–Trinajstić information content (AvgIpc) is 2.57. The summed E-state index contributed by atoms with van der Waals surface area (Å²) in [5.74, 6) is 0.949. The summed E-state index contributed by atoms with van der Waals surface area (Å²) in [6.45, 7) is 13.3. The van der Waals surface area contributed by atoms with E-state index < -0.39 is 0 Å². The van der Waals surface area contributed by atoms with Crippen molar-refractivity contribution in [2.45, 2.75) is 32.9 Å². The van der Waals surface area contributed by atoms with E-state index in [0.717, 1.165) is 45.0 Å². The van der Waals surface area contributed by atoms with Crippen molar-refractivity contribution in [2.75, 3.05) is 46.4 Å². The molecule has 0 aromatic heterocycles. The van der Waals surface area contributed by atoms with Gasteiger partial charge < -0.3 is 15.0 Å². The Morgan fingerprint density at radius 2 is 2.14 bits per heavy atom. The van der Waals surface area contributed by atoms with Gasteiger partial charge in [-0.05, 0) is 37.7 Å². The van der Waals surface area contributed by atoms with Crippen molar-refractivity contribution < 1.29 is 4.74 Å². The molecule has 1 aromatic rings. The molecule has 0 spiro atoms. The lowest BCUT2D eigenvalue weighted by Gasteiger charge is -2.42. The van der Waals surface area contributed by atoms with E-state index in [4.69, 9.17) is 4.74 Å². The molecule has 4 nitrogen and oxygen atoms in total. The first-order valence-electron chi connectivity index (χ1n) is 8.52. The van der Waals surface area contributed by atoms with Gasteiger partial charge in [-0.3, -0.25) is 4.90 Å². The topological polar surface area (TPSA) is 27.7 Å². The van der Waals surface area contributed by atoms with Gasteiger partial charge in [0.15, 0.2) is 0 Å². The number of rotatable bonds is 7. The number of likely N-dealkylation sites (N-methyl/N-ethyl adjacent to an activating group) is 1. The number of piperazine rings is 1. The molecule has 2 unspecified atom stereocenters. The molecule has 22 heavy (non-hydrogen) atoms. The van der Waals surface area contributed by atoms with Gasteiger partial charge in [0, 0.05) is 38.3 Å². The second-order valence-electron chi connectivity index (χ2n) is 6.07. The molecule has 4 heteroatoms. The molecule has 0 saturated carbocycles. The van der Waals surface area contributed by atoms with E-state index in [1.165, 1.54) is 5.56 Å². The fourth-order valence-corrected chi connectivity index (χ4v) is 3.30. The highest BCUT2D eigenvalue weighted by molar-refractivity contribution is 5.31.